The van der Waals surface area contributed by atoms with Crippen LogP contribution in [0.25, 0.3) is 33.1 Å². The SMILES string of the molecule is COc1c(C)cccc1-c1c(C(F)(F)F)cc2c(nc(N3CC(C)(N(C)C)C3)c3nnn([C@H]4CCN(C(=O)OC(C)(C)C)C(CC#N)C4)c32)c1F. The number of aromatic nitrogens is 4. The van der Waals surface area contributed by atoms with Crippen molar-refractivity contribution in [2.24, 2.45) is 0 Å². The molecule has 0 radical (unpaired) electrons. The van der Waals surface area contributed by atoms with E-state index in [2.05, 4.69) is 28.2 Å². The molecule has 2 aliphatic rings. The van der Waals surface area contributed by atoms with Crippen LogP contribution in [-0.4, -0.2) is 93.9 Å². The highest BCUT2D eigenvalue weighted by atomic mass is 19.4. The number of alkyl halides is 3. The van der Waals surface area contributed by atoms with Crippen molar-refractivity contribution in [1.29, 1.82) is 5.26 Å². The van der Waals surface area contributed by atoms with Gasteiger partial charge in [-0.15, -0.1) is 5.10 Å². The molecule has 0 aliphatic carbocycles. The Hall–Kier alpha value is -4.71. The summed E-state index contributed by atoms with van der Waals surface area (Å²) in [6, 6.07) is 6.66. The first-order valence-corrected chi connectivity index (χ1v) is 16.8. The lowest BCUT2D eigenvalue weighted by molar-refractivity contribution is -0.137. The number of pyridine rings is 1. The van der Waals surface area contributed by atoms with Crippen molar-refractivity contribution in [3.8, 4) is 22.9 Å². The Morgan fingerprint density at radius 1 is 1.18 bits per heavy atom. The molecule has 4 aromatic rings. The zero-order valence-corrected chi connectivity index (χ0v) is 30.0. The van der Waals surface area contributed by atoms with Crippen molar-refractivity contribution in [1.82, 2.24) is 29.8 Å². The van der Waals surface area contributed by atoms with E-state index in [9.17, 15) is 10.1 Å². The molecule has 0 saturated carbocycles. The number of rotatable bonds is 6. The average molecular weight is 711 g/mol. The van der Waals surface area contributed by atoms with Gasteiger partial charge in [0.05, 0.1) is 42.8 Å². The van der Waals surface area contributed by atoms with Gasteiger partial charge in [0.1, 0.15) is 22.4 Å². The summed E-state index contributed by atoms with van der Waals surface area (Å²) in [7, 11) is 5.25. The zero-order valence-electron chi connectivity index (χ0n) is 30.0. The summed E-state index contributed by atoms with van der Waals surface area (Å²) in [6.07, 6.45) is -4.92. The maximum atomic E-state index is 17.1. The summed E-state index contributed by atoms with van der Waals surface area (Å²) in [5.74, 6) is -0.708. The van der Waals surface area contributed by atoms with Gasteiger partial charge in [-0.1, -0.05) is 23.4 Å². The molecule has 0 N–H and O–H groups in total. The van der Waals surface area contributed by atoms with E-state index in [0.29, 0.717) is 30.9 Å². The first-order valence-electron chi connectivity index (χ1n) is 16.8. The second-order valence-electron chi connectivity index (χ2n) is 14.9. The molecule has 2 aromatic heterocycles. The van der Waals surface area contributed by atoms with Gasteiger partial charge in [-0.3, -0.25) is 0 Å². The summed E-state index contributed by atoms with van der Waals surface area (Å²) in [6.45, 7) is 10.2. The Bertz CT molecular complexity index is 2040. The number of hydrogen-bond donors (Lipinski definition) is 0. The number of aryl methyl sites for hydroxylation is 1. The van der Waals surface area contributed by atoms with Crippen molar-refractivity contribution in [3.63, 3.8) is 0 Å². The van der Waals surface area contributed by atoms with Crippen molar-refractivity contribution in [2.75, 3.05) is 45.7 Å². The first kappa shape index (κ1) is 36.1. The summed E-state index contributed by atoms with van der Waals surface area (Å²) in [5, 5.41) is 18.5. The lowest BCUT2D eigenvalue weighted by Gasteiger charge is -2.52. The summed E-state index contributed by atoms with van der Waals surface area (Å²) in [4.78, 5) is 23.3. The number of piperidine rings is 1. The number of anilines is 1. The maximum absolute atomic E-state index is 17.1. The molecule has 272 valence electrons. The average Bonchev–Trinajstić information content (AvgIpc) is 3.47. The van der Waals surface area contributed by atoms with Gasteiger partial charge >= 0.3 is 12.3 Å². The molecular weight excluding hydrogens is 668 g/mol. The van der Waals surface area contributed by atoms with Gasteiger partial charge in [-0.05, 0) is 73.2 Å². The summed E-state index contributed by atoms with van der Waals surface area (Å²) < 4.78 is 74.7. The van der Waals surface area contributed by atoms with Crippen LogP contribution >= 0.6 is 0 Å². The minimum absolute atomic E-state index is 0.00135. The number of ether oxygens (including phenoxy) is 2. The number of fused-ring (bicyclic) bond motifs is 3. The van der Waals surface area contributed by atoms with Gasteiger partial charge in [0, 0.05) is 36.1 Å². The Labute approximate surface area is 293 Å². The second-order valence-corrected chi connectivity index (χ2v) is 14.9. The van der Waals surface area contributed by atoms with Crippen LogP contribution in [0.5, 0.6) is 5.75 Å². The zero-order chi connectivity index (χ0) is 37.2. The third kappa shape index (κ3) is 6.39. The number of methoxy groups -OCH3 is 1. The molecule has 6 rings (SSSR count). The van der Waals surface area contributed by atoms with Crippen molar-refractivity contribution < 1.29 is 31.8 Å². The molecule has 1 amide bonds. The number of para-hydroxylation sites is 1. The van der Waals surface area contributed by atoms with Crippen LogP contribution < -0.4 is 9.64 Å². The van der Waals surface area contributed by atoms with Crippen LogP contribution in [0.15, 0.2) is 24.3 Å². The predicted molar refractivity (Wildman–Crippen MR) is 184 cm³/mol. The van der Waals surface area contributed by atoms with E-state index < -0.39 is 46.9 Å². The van der Waals surface area contributed by atoms with E-state index in [1.165, 1.54) is 22.8 Å². The molecule has 0 bridgehead atoms. The number of nitriles is 1. The highest BCUT2D eigenvalue weighted by Crippen LogP contribution is 2.47. The number of likely N-dealkylation sites (N-methyl/N-ethyl adjacent to an activating group) is 1. The number of amides is 1. The van der Waals surface area contributed by atoms with Gasteiger partial charge in [0.15, 0.2) is 17.2 Å². The minimum Gasteiger partial charge on any atom is -0.496 e. The van der Waals surface area contributed by atoms with Gasteiger partial charge < -0.3 is 24.2 Å². The lowest BCUT2D eigenvalue weighted by Crippen LogP contribution is -2.67. The van der Waals surface area contributed by atoms with Crippen molar-refractivity contribution >= 4 is 33.8 Å². The van der Waals surface area contributed by atoms with Gasteiger partial charge in [-0.25, -0.2) is 18.9 Å². The van der Waals surface area contributed by atoms with Crippen LogP contribution in [0.1, 0.15) is 64.1 Å². The van der Waals surface area contributed by atoms with Crippen LogP contribution in [0.2, 0.25) is 0 Å². The Morgan fingerprint density at radius 3 is 2.49 bits per heavy atom. The largest absolute Gasteiger partial charge is 0.496 e. The highest BCUT2D eigenvalue weighted by Gasteiger charge is 2.44. The van der Waals surface area contributed by atoms with Crippen molar-refractivity contribution in [2.45, 2.75) is 83.3 Å². The van der Waals surface area contributed by atoms with Crippen LogP contribution in [0, 0.1) is 24.1 Å². The molecule has 2 aromatic carbocycles. The quantitative estimate of drug-likeness (QED) is 0.193. The van der Waals surface area contributed by atoms with E-state index in [0.717, 1.165) is 6.07 Å². The fourth-order valence-corrected chi connectivity index (χ4v) is 7.19. The molecule has 2 aliphatic heterocycles. The summed E-state index contributed by atoms with van der Waals surface area (Å²) >= 11 is 0. The van der Waals surface area contributed by atoms with Crippen LogP contribution in [0.4, 0.5) is 28.2 Å². The number of carbonyl (C=O) groups excluding carboxylic acids is 1. The number of likely N-dealkylation sites (tertiary alicyclic amines) is 1. The molecule has 1 unspecified atom stereocenters. The number of benzene rings is 2. The minimum atomic E-state index is -4.95. The third-order valence-corrected chi connectivity index (χ3v) is 10.0. The fraction of sp³-hybridized carbons (Fsp3) is 0.528. The van der Waals surface area contributed by atoms with E-state index in [1.54, 1.807) is 39.8 Å². The van der Waals surface area contributed by atoms with Gasteiger partial charge in [-0.2, -0.15) is 18.4 Å². The normalized spacial score (nSPS) is 19.4. The Balaban J connectivity index is 1.58. The second kappa shape index (κ2) is 12.8. The van der Waals surface area contributed by atoms with Gasteiger partial charge in [0.25, 0.3) is 0 Å². The Kier molecular flexibility index (Phi) is 9.06. The molecule has 11 nitrogen and oxygen atoms in total. The van der Waals surface area contributed by atoms with E-state index in [-0.39, 0.29) is 58.2 Å². The van der Waals surface area contributed by atoms with E-state index >= 15 is 17.6 Å². The van der Waals surface area contributed by atoms with E-state index in [1.807, 2.05) is 19.0 Å². The molecule has 2 fully saturated rings. The smallest absolute Gasteiger partial charge is 0.417 e. The molecule has 15 heteroatoms. The standard InChI is InChI=1S/C36H42F4N8O3/c1-20-10-9-11-23(31(20)50-8)26-25(36(38,39)40)17-24-28(27(26)37)42-32(46-18-35(5,19-46)45(6)7)29-30(24)48(44-43-29)22-13-15-47(21(16-22)12-14-41)33(49)51-34(2,3)4/h9-11,17,21-22H,12-13,15-16,18-19H2,1-8H3/t21?,22-/m0/s1. The molecule has 0 spiro atoms. The molecule has 2 saturated heterocycles. The number of hydrogen-bond acceptors (Lipinski definition) is 9. The molecular formula is C36H42F4N8O3. The lowest BCUT2D eigenvalue weighted by atomic mass is 9.90. The highest BCUT2D eigenvalue weighted by molar-refractivity contribution is 6.08. The maximum Gasteiger partial charge on any atom is 0.417 e. The van der Waals surface area contributed by atoms with E-state index in [4.69, 9.17) is 14.5 Å². The van der Waals surface area contributed by atoms with Crippen LogP contribution in [-0.2, 0) is 10.9 Å². The number of carbonyl (C=O) groups is 1. The molecule has 2 atom stereocenters. The van der Waals surface area contributed by atoms with Gasteiger partial charge in [0.2, 0.25) is 0 Å². The Morgan fingerprint density at radius 2 is 1.88 bits per heavy atom. The number of nitrogens with zero attached hydrogens (tertiary/aromatic N) is 8. The topological polar surface area (TPSA) is 113 Å². The monoisotopic (exact) mass is 710 g/mol. The first-order chi connectivity index (χ1) is 23.9. The van der Waals surface area contributed by atoms with Crippen LogP contribution in [0.3, 0.4) is 0 Å². The predicted octanol–water partition coefficient (Wildman–Crippen LogP) is 7.12. The molecule has 51 heavy (non-hydrogen) atoms. The van der Waals surface area contributed by atoms with Crippen molar-refractivity contribution in [3.05, 3.63) is 41.2 Å². The number of halogens is 4. The summed E-state index contributed by atoms with van der Waals surface area (Å²) in [5.41, 5.74) is -2.14. The fourth-order valence-electron chi connectivity index (χ4n) is 7.19. The molecule has 4 heterocycles. The third-order valence-electron chi connectivity index (χ3n) is 10.0.